The summed E-state index contributed by atoms with van der Waals surface area (Å²) in [4.78, 5) is 0. The number of aliphatic hydroxyl groups is 1. The molecule has 0 bridgehead atoms. The summed E-state index contributed by atoms with van der Waals surface area (Å²) < 4.78 is 24.9. The summed E-state index contributed by atoms with van der Waals surface area (Å²) >= 11 is 0. The van der Waals surface area contributed by atoms with Crippen molar-refractivity contribution in [3.8, 4) is 0 Å². The number of hydrogen-bond acceptors (Lipinski definition) is 1. The zero-order valence-electron chi connectivity index (χ0n) is 6.72. The van der Waals surface area contributed by atoms with Crippen molar-refractivity contribution in [1.82, 2.24) is 0 Å². The Morgan fingerprint density at radius 3 is 2.75 bits per heavy atom. The topological polar surface area (TPSA) is 20.2 Å². The molecule has 0 spiro atoms. The molecule has 3 heteroatoms. The monoisotopic (exact) mass is 172 g/mol. The van der Waals surface area contributed by atoms with E-state index in [9.17, 15) is 8.78 Å². The van der Waals surface area contributed by atoms with Gasteiger partial charge in [-0.3, -0.25) is 0 Å². The van der Waals surface area contributed by atoms with Gasteiger partial charge in [-0.15, -0.1) is 0 Å². The molecular weight excluding hydrogens is 162 g/mol. The first-order valence-corrected chi connectivity index (χ1v) is 3.66. The van der Waals surface area contributed by atoms with Crippen molar-refractivity contribution >= 4 is 0 Å². The van der Waals surface area contributed by atoms with E-state index in [0.29, 0.717) is 11.1 Å². The highest BCUT2D eigenvalue weighted by Gasteiger charge is 2.11. The Hall–Kier alpha value is -0.960. The maximum atomic E-state index is 12.8. The highest BCUT2D eigenvalue weighted by Crippen LogP contribution is 2.19. The molecule has 0 aromatic heterocycles. The van der Waals surface area contributed by atoms with Crippen LogP contribution in [0.5, 0.6) is 0 Å². The molecule has 12 heavy (non-hydrogen) atoms. The highest BCUT2D eigenvalue weighted by molar-refractivity contribution is 5.29. The average Bonchev–Trinajstić information content (AvgIpc) is 2.08. The lowest BCUT2D eigenvalue weighted by atomic mass is 10.0. The van der Waals surface area contributed by atoms with Crippen molar-refractivity contribution in [2.75, 3.05) is 6.67 Å². The molecule has 0 amide bonds. The van der Waals surface area contributed by atoms with Crippen LogP contribution in [0.25, 0.3) is 0 Å². The van der Waals surface area contributed by atoms with Gasteiger partial charge in [0.15, 0.2) is 0 Å². The largest absolute Gasteiger partial charge is 0.386 e. The summed E-state index contributed by atoms with van der Waals surface area (Å²) in [6.07, 6.45) is -1.21. The van der Waals surface area contributed by atoms with Crippen LogP contribution < -0.4 is 0 Å². The molecule has 1 nitrogen and oxygen atoms in total. The van der Waals surface area contributed by atoms with Gasteiger partial charge in [-0.1, -0.05) is 12.1 Å². The van der Waals surface area contributed by atoms with E-state index in [1.807, 2.05) is 0 Å². The molecule has 0 aliphatic rings. The molecule has 1 N–H and O–H groups in total. The Bertz CT molecular complexity index is 273. The van der Waals surface area contributed by atoms with Gasteiger partial charge in [0.1, 0.15) is 18.6 Å². The minimum absolute atomic E-state index is 0.308. The Morgan fingerprint density at radius 2 is 2.17 bits per heavy atom. The molecule has 0 aliphatic carbocycles. The summed E-state index contributed by atoms with van der Waals surface area (Å²) in [5, 5.41) is 9.09. The van der Waals surface area contributed by atoms with Gasteiger partial charge >= 0.3 is 0 Å². The summed E-state index contributed by atoms with van der Waals surface area (Å²) in [6, 6.07) is 4.25. The van der Waals surface area contributed by atoms with Crippen LogP contribution in [0.4, 0.5) is 8.78 Å². The lowest BCUT2D eigenvalue weighted by molar-refractivity contribution is 0.140. The van der Waals surface area contributed by atoms with Crippen molar-refractivity contribution in [2.24, 2.45) is 0 Å². The Labute approximate surface area is 69.7 Å². The molecule has 0 aliphatic heterocycles. The summed E-state index contributed by atoms with van der Waals surface area (Å²) in [7, 11) is 0. The van der Waals surface area contributed by atoms with Crippen LogP contribution in [0.1, 0.15) is 17.2 Å². The maximum absolute atomic E-state index is 12.8. The van der Waals surface area contributed by atoms with Crippen LogP contribution in [0, 0.1) is 12.7 Å². The second-order valence-electron chi connectivity index (χ2n) is 2.62. The molecule has 1 unspecified atom stereocenters. The number of hydrogen-bond donors (Lipinski definition) is 1. The minimum atomic E-state index is -1.21. The Kier molecular flexibility index (Phi) is 2.76. The van der Waals surface area contributed by atoms with Gasteiger partial charge in [-0.2, -0.15) is 0 Å². The molecular formula is C9H10F2O. The van der Waals surface area contributed by atoms with Crippen LogP contribution in [0.15, 0.2) is 18.2 Å². The molecule has 1 aromatic carbocycles. The first-order valence-electron chi connectivity index (χ1n) is 3.66. The van der Waals surface area contributed by atoms with Crippen molar-refractivity contribution in [1.29, 1.82) is 0 Å². The maximum Gasteiger partial charge on any atom is 0.126 e. The number of rotatable bonds is 2. The molecule has 1 aromatic rings. The third-order valence-corrected chi connectivity index (χ3v) is 1.81. The number of halogens is 2. The van der Waals surface area contributed by atoms with E-state index in [2.05, 4.69) is 0 Å². The third kappa shape index (κ3) is 1.61. The van der Waals surface area contributed by atoms with E-state index in [-0.39, 0.29) is 0 Å². The molecule has 0 saturated carbocycles. The number of benzene rings is 1. The fourth-order valence-corrected chi connectivity index (χ4v) is 1.07. The van der Waals surface area contributed by atoms with E-state index < -0.39 is 18.6 Å². The van der Waals surface area contributed by atoms with Crippen molar-refractivity contribution < 1.29 is 13.9 Å². The molecule has 66 valence electrons. The summed E-state index contributed by atoms with van der Waals surface area (Å²) in [5.41, 5.74) is 0.625. The zero-order chi connectivity index (χ0) is 9.14. The van der Waals surface area contributed by atoms with Crippen LogP contribution in [0.2, 0.25) is 0 Å². The Morgan fingerprint density at radius 1 is 1.50 bits per heavy atom. The fraction of sp³-hybridized carbons (Fsp3) is 0.333. The molecule has 0 radical (unpaired) electrons. The number of aliphatic hydroxyl groups excluding tert-OH is 1. The second-order valence-corrected chi connectivity index (χ2v) is 2.62. The lowest BCUT2D eigenvalue weighted by Gasteiger charge is -2.09. The average molecular weight is 172 g/mol. The summed E-state index contributed by atoms with van der Waals surface area (Å²) in [6.45, 7) is 0.633. The van der Waals surface area contributed by atoms with E-state index >= 15 is 0 Å². The van der Waals surface area contributed by atoms with Crippen LogP contribution in [-0.4, -0.2) is 11.8 Å². The number of alkyl halides is 1. The van der Waals surface area contributed by atoms with Crippen molar-refractivity contribution in [3.05, 3.63) is 35.1 Å². The van der Waals surface area contributed by atoms with Crippen LogP contribution in [-0.2, 0) is 0 Å². The van der Waals surface area contributed by atoms with Gasteiger partial charge in [0.25, 0.3) is 0 Å². The first kappa shape index (κ1) is 9.13. The minimum Gasteiger partial charge on any atom is -0.386 e. The van der Waals surface area contributed by atoms with E-state index in [4.69, 9.17) is 5.11 Å². The highest BCUT2D eigenvalue weighted by atomic mass is 19.1. The standard InChI is InChI=1S/C9H10F2O/c1-6-7(9(12)5-10)3-2-4-8(6)11/h2-4,9,12H,5H2,1H3. The van der Waals surface area contributed by atoms with E-state index in [0.717, 1.165) is 0 Å². The van der Waals surface area contributed by atoms with E-state index in [1.54, 1.807) is 0 Å². The van der Waals surface area contributed by atoms with Crippen LogP contribution in [0.3, 0.4) is 0 Å². The van der Waals surface area contributed by atoms with Crippen LogP contribution >= 0.6 is 0 Å². The second kappa shape index (κ2) is 3.63. The third-order valence-electron chi connectivity index (χ3n) is 1.81. The van der Waals surface area contributed by atoms with E-state index in [1.165, 1.54) is 25.1 Å². The lowest BCUT2D eigenvalue weighted by Crippen LogP contribution is -2.02. The van der Waals surface area contributed by atoms with Crippen molar-refractivity contribution in [3.63, 3.8) is 0 Å². The van der Waals surface area contributed by atoms with Gasteiger partial charge in [0, 0.05) is 0 Å². The van der Waals surface area contributed by atoms with Gasteiger partial charge in [0.05, 0.1) is 0 Å². The quantitative estimate of drug-likeness (QED) is 0.724. The molecule has 0 heterocycles. The molecule has 1 atom stereocenters. The van der Waals surface area contributed by atoms with Crippen molar-refractivity contribution in [2.45, 2.75) is 13.0 Å². The van der Waals surface area contributed by atoms with Gasteiger partial charge in [-0.05, 0) is 24.1 Å². The van der Waals surface area contributed by atoms with Gasteiger partial charge in [0.2, 0.25) is 0 Å². The fourth-order valence-electron chi connectivity index (χ4n) is 1.07. The SMILES string of the molecule is Cc1c(F)cccc1C(O)CF. The Balaban J connectivity index is 3.07. The first-order chi connectivity index (χ1) is 5.66. The summed E-state index contributed by atoms with van der Waals surface area (Å²) in [5.74, 6) is -0.417. The zero-order valence-corrected chi connectivity index (χ0v) is 6.72. The smallest absolute Gasteiger partial charge is 0.126 e. The molecule has 0 fully saturated rings. The van der Waals surface area contributed by atoms with Gasteiger partial charge < -0.3 is 5.11 Å². The predicted molar refractivity (Wildman–Crippen MR) is 42.1 cm³/mol. The molecule has 0 saturated heterocycles. The normalized spacial score (nSPS) is 13.0. The van der Waals surface area contributed by atoms with Gasteiger partial charge in [-0.25, -0.2) is 8.78 Å². The molecule has 1 rings (SSSR count). The predicted octanol–water partition coefficient (Wildman–Crippen LogP) is 2.14.